The summed E-state index contributed by atoms with van der Waals surface area (Å²) in [6.07, 6.45) is 2.63. The van der Waals surface area contributed by atoms with Crippen molar-refractivity contribution in [3.05, 3.63) is 29.3 Å². The zero-order valence-electron chi connectivity index (χ0n) is 10.4. The molecule has 0 amide bonds. The molecule has 1 aromatic carbocycles. The number of methoxy groups -OCH3 is 1. The molecule has 0 bridgehead atoms. The van der Waals surface area contributed by atoms with E-state index in [-0.39, 0.29) is 0 Å². The third kappa shape index (κ3) is 2.98. The maximum Gasteiger partial charge on any atom is 0.123 e. The highest BCUT2D eigenvalue weighted by Crippen LogP contribution is 2.44. The monoisotopic (exact) mass is 230 g/mol. The van der Waals surface area contributed by atoms with E-state index in [9.17, 15) is 0 Å². The molecule has 2 rings (SSSR count). The molecule has 0 spiro atoms. The smallest absolute Gasteiger partial charge is 0.123 e. The summed E-state index contributed by atoms with van der Waals surface area (Å²) in [5, 5.41) is 12.3. The van der Waals surface area contributed by atoms with Crippen LogP contribution in [0.3, 0.4) is 0 Å². The second-order valence-corrected chi connectivity index (χ2v) is 5.05. The SMILES string of the molecule is COc1ccc(C#N)cc1CNCC1(C)CC1. The summed E-state index contributed by atoms with van der Waals surface area (Å²) >= 11 is 0. The Morgan fingerprint density at radius 1 is 1.47 bits per heavy atom. The molecule has 0 unspecified atom stereocenters. The van der Waals surface area contributed by atoms with Crippen molar-refractivity contribution in [2.75, 3.05) is 13.7 Å². The van der Waals surface area contributed by atoms with Gasteiger partial charge in [-0.2, -0.15) is 5.26 Å². The van der Waals surface area contributed by atoms with Crippen LogP contribution in [-0.2, 0) is 6.54 Å². The van der Waals surface area contributed by atoms with Gasteiger partial charge in [0.15, 0.2) is 0 Å². The molecule has 3 nitrogen and oxygen atoms in total. The number of nitriles is 1. The van der Waals surface area contributed by atoms with Crippen molar-refractivity contribution in [2.45, 2.75) is 26.3 Å². The zero-order chi connectivity index (χ0) is 12.3. The molecule has 1 aliphatic rings. The molecule has 17 heavy (non-hydrogen) atoms. The number of hydrogen-bond donors (Lipinski definition) is 1. The predicted molar refractivity (Wildman–Crippen MR) is 66.8 cm³/mol. The number of hydrogen-bond acceptors (Lipinski definition) is 3. The second-order valence-electron chi connectivity index (χ2n) is 5.05. The third-order valence-corrected chi connectivity index (χ3v) is 3.38. The van der Waals surface area contributed by atoms with E-state index < -0.39 is 0 Å². The van der Waals surface area contributed by atoms with Crippen molar-refractivity contribution in [1.82, 2.24) is 5.32 Å². The number of ether oxygens (including phenoxy) is 1. The average Bonchev–Trinajstić information content (AvgIpc) is 3.07. The van der Waals surface area contributed by atoms with Gasteiger partial charge < -0.3 is 10.1 Å². The van der Waals surface area contributed by atoms with E-state index in [2.05, 4.69) is 18.3 Å². The molecule has 0 heterocycles. The Labute approximate surface area is 102 Å². The Morgan fingerprint density at radius 3 is 2.82 bits per heavy atom. The van der Waals surface area contributed by atoms with Crippen LogP contribution in [0.25, 0.3) is 0 Å². The van der Waals surface area contributed by atoms with Crippen molar-refractivity contribution >= 4 is 0 Å². The van der Waals surface area contributed by atoms with Crippen molar-refractivity contribution in [2.24, 2.45) is 5.41 Å². The van der Waals surface area contributed by atoms with Crippen LogP contribution in [0, 0.1) is 16.7 Å². The first-order valence-corrected chi connectivity index (χ1v) is 5.95. The van der Waals surface area contributed by atoms with Crippen LogP contribution in [0.2, 0.25) is 0 Å². The fourth-order valence-corrected chi connectivity index (χ4v) is 1.88. The fraction of sp³-hybridized carbons (Fsp3) is 0.500. The molecule has 1 fully saturated rings. The first kappa shape index (κ1) is 11.9. The highest BCUT2D eigenvalue weighted by atomic mass is 16.5. The van der Waals surface area contributed by atoms with E-state index in [4.69, 9.17) is 10.00 Å². The summed E-state index contributed by atoms with van der Waals surface area (Å²) in [4.78, 5) is 0. The second kappa shape index (κ2) is 4.77. The lowest BCUT2D eigenvalue weighted by Gasteiger charge is -2.12. The van der Waals surface area contributed by atoms with Crippen LogP contribution < -0.4 is 10.1 Å². The molecule has 0 radical (unpaired) electrons. The molecule has 1 aromatic rings. The molecular weight excluding hydrogens is 212 g/mol. The van der Waals surface area contributed by atoms with Crippen LogP contribution in [0.15, 0.2) is 18.2 Å². The predicted octanol–water partition coefficient (Wildman–Crippen LogP) is 2.46. The van der Waals surface area contributed by atoms with Gasteiger partial charge >= 0.3 is 0 Å². The van der Waals surface area contributed by atoms with E-state index in [1.54, 1.807) is 13.2 Å². The first-order chi connectivity index (χ1) is 8.17. The van der Waals surface area contributed by atoms with E-state index >= 15 is 0 Å². The Hall–Kier alpha value is -1.53. The summed E-state index contributed by atoms with van der Waals surface area (Å²) in [6.45, 7) is 4.09. The average molecular weight is 230 g/mol. The summed E-state index contributed by atoms with van der Waals surface area (Å²) in [5.74, 6) is 0.845. The lowest BCUT2D eigenvalue weighted by Crippen LogP contribution is -2.21. The quantitative estimate of drug-likeness (QED) is 0.845. The molecule has 1 saturated carbocycles. The molecular formula is C14H18N2O. The number of nitrogens with one attached hydrogen (secondary N) is 1. The van der Waals surface area contributed by atoms with Crippen LogP contribution in [0.1, 0.15) is 30.9 Å². The molecule has 1 aliphatic carbocycles. The largest absolute Gasteiger partial charge is 0.496 e. The molecule has 0 aliphatic heterocycles. The number of nitrogens with zero attached hydrogens (tertiary/aromatic N) is 1. The van der Waals surface area contributed by atoms with Gasteiger partial charge in [-0.15, -0.1) is 0 Å². The normalized spacial score (nSPS) is 16.3. The summed E-state index contributed by atoms with van der Waals surface area (Å²) in [7, 11) is 1.66. The molecule has 90 valence electrons. The third-order valence-electron chi connectivity index (χ3n) is 3.38. The van der Waals surface area contributed by atoms with Gasteiger partial charge in [-0.05, 0) is 36.5 Å². The van der Waals surface area contributed by atoms with Gasteiger partial charge in [0, 0.05) is 18.7 Å². The molecule has 0 saturated heterocycles. The minimum atomic E-state index is 0.500. The summed E-state index contributed by atoms with van der Waals surface area (Å²) in [6, 6.07) is 7.68. The van der Waals surface area contributed by atoms with Gasteiger partial charge in [0.1, 0.15) is 5.75 Å². The van der Waals surface area contributed by atoms with Gasteiger partial charge in [-0.25, -0.2) is 0 Å². The summed E-state index contributed by atoms with van der Waals surface area (Å²) < 4.78 is 5.29. The van der Waals surface area contributed by atoms with Gasteiger partial charge in [0.05, 0.1) is 18.7 Å². The fourth-order valence-electron chi connectivity index (χ4n) is 1.88. The van der Waals surface area contributed by atoms with Gasteiger partial charge in [-0.1, -0.05) is 6.92 Å². The van der Waals surface area contributed by atoms with Crippen molar-refractivity contribution in [3.63, 3.8) is 0 Å². The molecule has 3 heteroatoms. The van der Waals surface area contributed by atoms with Crippen molar-refractivity contribution in [3.8, 4) is 11.8 Å². The maximum atomic E-state index is 8.88. The Balaban J connectivity index is 2.00. The number of rotatable bonds is 5. The van der Waals surface area contributed by atoms with E-state index in [0.29, 0.717) is 11.0 Å². The lowest BCUT2D eigenvalue weighted by atomic mass is 10.1. The Bertz CT molecular complexity index is 444. The standard InChI is InChI=1S/C14H18N2O/c1-14(5-6-14)10-16-9-12-7-11(8-15)3-4-13(12)17-2/h3-4,7,16H,5-6,9-10H2,1-2H3. The van der Waals surface area contributed by atoms with Crippen LogP contribution in [0.4, 0.5) is 0 Å². The Kier molecular flexibility index (Phi) is 3.35. The van der Waals surface area contributed by atoms with Crippen molar-refractivity contribution < 1.29 is 4.74 Å². The Morgan fingerprint density at radius 2 is 2.24 bits per heavy atom. The summed E-state index contributed by atoms with van der Waals surface area (Å²) in [5.41, 5.74) is 2.23. The maximum absolute atomic E-state index is 8.88. The van der Waals surface area contributed by atoms with Crippen LogP contribution in [0.5, 0.6) is 5.75 Å². The van der Waals surface area contributed by atoms with Crippen LogP contribution >= 0.6 is 0 Å². The topological polar surface area (TPSA) is 45.0 Å². The zero-order valence-corrected chi connectivity index (χ0v) is 10.4. The molecule has 0 aromatic heterocycles. The minimum absolute atomic E-state index is 0.500. The van der Waals surface area contributed by atoms with Gasteiger partial charge in [0.2, 0.25) is 0 Å². The highest BCUT2D eigenvalue weighted by Gasteiger charge is 2.36. The van der Waals surface area contributed by atoms with E-state index in [1.807, 2.05) is 12.1 Å². The lowest BCUT2D eigenvalue weighted by molar-refractivity contribution is 0.405. The molecule has 0 atom stereocenters. The van der Waals surface area contributed by atoms with Crippen molar-refractivity contribution in [1.29, 1.82) is 5.26 Å². The van der Waals surface area contributed by atoms with Crippen LogP contribution in [-0.4, -0.2) is 13.7 Å². The van der Waals surface area contributed by atoms with Gasteiger partial charge in [0.25, 0.3) is 0 Å². The van der Waals surface area contributed by atoms with E-state index in [1.165, 1.54) is 12.8 Å². The first-order valence-electron chi connectivity index (χ1n) is 5.95. The van der Waals surface area contributed by atoms with Gasteiger partial charge in [-0.3, -0.25) is 0 Å². The molecule has 1 N–H and O–H groups in total. The number of benzene rings is 1. The minimum Gasteiger partial charge on any atom is -0.496 e. The highest BCUT2D eigenvalue weighted by molar-refractivity contribution is 5.41. The van der Waals surface area contributed by atoms with E-state index in [0.717, 1.165) is 24.4 Å².